The van der Waals surface area contributed by atoms with Gasteiger partial charge in [0.1, 0.15) is 11.2 Å². The van der Waals surface area contributed by atoms with E-state index in [1.165, 1.54) is 49.5 Å². The Labute approximate surface area is 302 Å². The maximum Gasteiger partial charge on any atom is 0.143 e. The quantitative estimate of drug-likeness (QED) is 0.176. The molecule has 0 N–H and O–H groups in total. The number of nitrogens with zero attached hydrogens (tertiary/aromatic N) is 1. The topological polar surface area (TPSA) is 16.4 Å². The standard InChI is InChI=1S/C50H33NO/c1-3-16-34(17-4-1)37-22-13-23-38(32-37)51(46-29-14-21-36-20-7-8-25-40(36)46)47-30-15-31-48-49(47)45-33-44(42-27-11-12-28-43(42)50(45)52-48)41-26-10-9-24-39(41)35-18-5-2-6-19-35/h1-33H. The monoisotopic (exact) mass is 663 g/mol. The zero-order valence-corrected chi connectivity index (χ0v) is 28.4. The van der Waals surface area contributed by atoms with E-state index < -0.39 is 0 Å². The van der Waals surface area contributed by atoms with E-state index in [1.807, 2.05) is 0 Å². The lowest BCUT2D eigenvalue weighted by Gasteiger charge is -2.28. The summed E-state index contributed by atoms with van der Waals surface area (Å²) in [6.45, 7) is 0. The smallest absolute Gasteiger partial charge is 0.143 e. The van der Waals surface area contributed by atoms with Crippen molar-refractivity contribution in [3.8, 4) is 33.4 Å². The summed E-state index contributed by atoms with van der Waals surface area (Å²) in [5.74, 6) is 0. The van der Waals surface area contributed by atoms with Gasteiger partial charge in [-0.15, -0.1) is 0 Å². The molecule has 0 unspecified atom stereocenters. The van der Waals surface area contributed by atoms with Crippen molar-refractivity contribution in [2.45, 2.75) is 0 Å². The number of rotatable bonds is 6. The Kier molecular flexibility index (Phi) is 7.18. The molecular formula is C50H33NO. The molecule has 0 fully saturated rings. The first-order chi connectivity index (χ1) is 25.8. The molecule has 0 aliphatic rings. The molecule has 10 aromatic rings. The van der Waals surface area contributed by atoms with Crippen LogP contribution < -0.4 is 4.90 Å². The van der Waals surface area contributed by atoms with Crippen LogP contribution in [-0.2, 0) is 0 Å². The Morgan fingerprint density at radius 1 is 0.346 bits per heavy atom. The molecule has 0 bridgehead atoms. The molecule has 0 radical (unpaired) electrons. The number of benzene rings is 9. The average molecular weight is 664 g/mol. The van der Waals surface area contributed by atoms with E-state index in [9.17, 15) is 0 Å². The largest absolute Gasteiger partial charge is 0.455 e. The van der Waals surface area contributed by atoms with Crippen LogP contribution in [0.15, 0.2) is 205 Å². The fourth-order valence-corrected chi connectivity index (χ4v) is 7.89. The summed E-state index contributed by atoms with van der Waals surface area (Å²) in [5.41, 5.74) is 12.1. The first kappa shape index (κ1) is 30.0. The summed E-state index contributed by atoms with van der Waals surface area (Å²) in [5, 5.41) is 6.82. The molecular weight excluding hydrogens is 631 g/mol. The molecule has 2 nitrogen and oxygen atoms in total. The predicted molar refractivity (Wildman–Crippen MR) is 220 cm³/mol. The van der Waals surface area contributed by atoms with Gasteiger partial charge in [0.15, 0.2) is 0 Å². The van der Waals surface area contributed by atoms with Gasteiger partial charge in [0, 0.05) is 21.8 Å². The van der Waals surface area contributed by atoms with Crippen LogP contribution in [0.2, 0.25) is 0 Å². The van der Waals surface area contributed by atoms with Crippen molar-refractivity contribution in [1.82, 2.24) is 0 Å². The Bertz CT molecular complexity index is 2900. The first-order valence-corrected chi connectivity index (χ1v) is 17.8. The van der Waals surface area contributed by atoms with Crippen LogP contribution in [0, 0.1) is 0 Å². The maximum absolute atomic E-state index is 6.89. The molecule has 244 valence electrons. The highest BCUT2D eigenvalue weighted by Crippen LogP contribution is 2.48. The van der Waals surface area contributed by atoms with Crippen LogP contribution in [0.1, 0.15) is 0 Å². The lowest BCUT2D eigenvalue weighted by atomic mass is 9.90. The van der Waals surface area contributed by atoms with Crippen molar-refractivity contribution in [2.75, 3.05) is 4.90 Å². The third-order valence-corrected chi connectivity index (χ3v) is 10.2. The number of anilines is 3. The van der Waals surface area contributed by atoms with E-state index in [4.69, 9.17) is 4.42 Å². The van der Waals surface area contributed by atoms with E-state index in [-0.39, 0.29) is 0 Å². The van der Waals surface area contributed by atoms with Gasteiger partial charge in [-0.3, -0.25) is 0 Å². The molecule has 0 saturated carbocycles. The van der Waals surface area contributed by atoms with Crippen molar-refractivity contribution in [2.24, 2.45) is 0 Å². The van der Waals surface area contributed by atoms with Crippen LogP contribution in [0.3, 0.4) is 0 Å². The van der Waals surface area contributed by atoms with Crippen LogP contribution in [0.4, 0.5) is 17.1 Å². The summed E-state index contributed by atoms with van der Waals surface area (Å²) in [6.07, 6.45) is 0. The average Bonchev–Trinajstić information content (AvgIpc) is 3.61. The normalized spacial score (nSPS) is 11.5. The molecule has 0 atom stereocenters. The number of hydrogen-bond donors (Lipinski definition) is 0. The summed E-state index contributed by atoms with van der Waals surface area (Å²) in [4.78, 5) is 2.42. The fraction of sp³-hybridized carbons (Fsp3) is 0. The van der Waals surface area contributed by atoms with E-state index in [0.29, 0.717) is 0 Å². The lowest BCUT2D eigenvalue weighted by Crippen LogP contribution is -2.11. The second-order valence-electron chi connectivity index (χ2n) is 13.3. The van der Waals surface area contributed by atoms with Gasteiger partial charge in [-0.1, -0.05) is 164 Å². The highest BCUT2D eigenvalue weighted by Gasteiger charge is 2.23. The highest BCUT2D eigenvalue weighted by atomic mass is 16.3. The first-order valence-electron chi connectivity index (χ1n) is 17.8. The Morgan fingerprint density at radius 2 is 0.942 bits per heavy atom. The van der Waals surface area contributed by atoms with Gasteiger partial charge < -0.3 is 9.32 Å². The molecule has 0 aliphatic heterocycles. The van der Waals surface area contributed by atoms with Crippen molar-refractivity contribution in [3.63, 3.8) is 0 Å². The molecule has 2 heteroatoms. The van der Waals surface area contributed by atoms with Crippen molar-refractivity contribution in [3.05, 3.63) is 200 Å². The second-order valence-corrected chi connectivity index (χ2v) is 13.3. The second kappa shape index (κ2) is 12.5. The highest BCUT2D eigenvalue weighted by molar-refractivity contribution is 6.23. The maximum atomic E-state index is 6.89. The van der Waals surface area contributed by atoms with E-state index in [2.05, 4.69) is 205 Å². The Hall–Kier alpha value is -6.90. The number of hydrogen-bond acceptors (Lipinski definition) is 2. The molecule has 52 heavy (non-hydrogen) atoms. The third-order valence-electron chi connectivity index (χ3n) is 10.2. The van der Waals surface area contributed by atoms with Crippen LogP contribution >= 0.6 is 0 Å². The van der Waals surface area contributed by atoms with Crippen LogP contribution in [0.25, 0.3) is 76.9 Å². The summed E-state index contributed by atoms with van der Waals surface area (Å²) >= 11 is 0. The van der Waals surface area contributed by atoms with E-state index in [1.54, 1.807) is 0 Å². The number of furan rings is 1. The minimum absolute atomic E-state index is 0.857. The molecule has 10 rings (SSSR count). The SMILES string of the molecule is c1ccc(-c2cccc(N(c3cccc4ccccc34)c3cccc4oc5c6ccccc6c(-c6ccccc6-c6ccccc6)cc5c34)c2)cc1. The summed E-state index contributed by atoms with van der Waals surface area (Å²) in [6, 6.07) is 71.6. The van der Waals surface area contributed by atoms with Gasteiger partial charge in [0.2, 0.25) is 0 Å². The molecule has 0 spiro atoms. The van der Waals surface area contributed by atoms with Crippen molar-refractivity contribution in [1.29, 1.82) is 0 Å². The van der Waals surface area contributed by atoms with Crippen molar-refractivity contribution >= 4 is 60.5 Å². The molecule has 9 aromatic carbocycles. The van der Waals surface area contributed by atoms with E-state index in [0.717, 1.165) is 44.4 Å². The Morgan fingerprint density at radius 3 is 1.77 bits per heavy atom. The van der Waals surface area contributed by atoms with Crippen LogP contribution in [-0.4, -0.2) is 0 Å². The zero-order valence-electron chi connectivity index (χ0n) is 28.4. The third kappa shape index (κ3) is 4.96. The van der Waals surface area contributed by atoms with Crippen LogP contribution in [0.5, 0.6) is 0 Å². The molecule has 0 aliphatic carbocycles. The van der Waals surface area contributed by atoms with E-state index >= 15 is 0 Å². The lowest BCUT2D eigenvalue weighted by molar-refractivity contribution is 0.672. The zero-order chi connectivity index (χ0) is 34.4. The molecule has 0 saturated heterocycles. The van der Waals surface area contributed by atoms with Gasteiger partial charge in [-0.05, 0) is 80.6 Å². The Balaban J connectivity index is 1.29. The fourth-order valence-electron chi connectivity index (χ4n) is 7.89. The van der Waals surface area contributed by atoms with Gasteiger partial charge >= 0.3 is 0 Å². The minimum atomic E-state index is 0.857. The van der Waals surface area contributed by atoms with Gasteiger partial charge in [0.25, 0.3) is 0 Å². The molecule has 1 aromatic heterocycles. The van der Waals surface area contributed by atoms with Gasteiger partial charge in [-0.25, -0.2) is 0 Å². The predicted octanol–water partition coefficient (Wildman–Crippen LogP) is 14.4. The summed E-state index contributed by atoms with van der Waals surface area (Å²) in [7, 11) is 0. The van der Waals surface area contributed by atoms with Crippen molar-refractivity contribution < 1.29 is 4.42 Å². The van der Waals surface area contributed by atoms with Gasteiger partial charge in [-0.2, -0.15) is 0 Å². The molecule has 0 amide bonds. The molecule has 1 heterocycles. The number of fused-ring (bicyclic) bond motifs is 6. The minimum Gasteiger partial charge on any atom is -0.455 e. The summed E-state index contributed by atoms with van der Waals surface area (Å²) < 4.78 is 6.89. The van der Waals surface area contributed by atoms with Gasteiger partial charge in [0.05, 0.1) is 16.8 Å².